The van der Waals surface area contributed by atoms with Crippen molar-refractivity contribution in [1.29, 1.82) is 0 Å². The highest BCUT2D eigenvalue weighted by Gasteiger charge is 2.15. The second kappa shape index (κ2) is 7.19. The molecule has 2 N–H and O–H groups in total. The third-order valence-electron chi connectivity index (χ3n) is 3.22. The molecule has 3 rings (SSSR count). The van der Waals surface area contributed by atoms with E-state index in [1.165, 1.54) is 12.3 Å². The first-order valence-corrected chi connectivity index (χ1v) is 6.91. The maximum absolute atomic E-state index is 10.5. The van der Waals surface area contributed by atoms with E-state index in [1.807, 2.05) is 6.92 Å². The second-order valence-corrected chi connectivity index (χ2v) is 4.94. The average molecular weight is 326 g/mol. The summed E-state index contributed by atoms with van der Waals surface area (Å²) in [5.74, 6) is -1.26. The topological polar surface area (TPSA) is 114 Å². The highest BCUT2D eigenvalue weighted by atomic mass is 16.6. The van der Waals surface area contributed by atoms with Gasteiger partial charge in [-0.05, 0) is 31.2 Å². The first kappa shape index (κ1) is 16.9. The van der Waals surface area contributed by atoms with Gasteiger partial charge < -0.3 is 10.2 Å². The van der Waals surface area contributed by atoms with E-state index in [4.69, 9.17) is 5.11 Å². The first-order valence-electron chi connectivity index (χ1n) is 6.91. The Labute approximate surface area is 137 Å². The predicted octanol–water partition coefficient (Wildman–Crippen LogP) is 3.54. The summed E-state index contributed by atoms with van der Waals surface area (Å²) in [5, 5.41) is 29.2. The quantitative estimate of drug-likeness (QED) is 0.550. The Morgan fingerprint density at radius 2 is 1.79 bits per heavy atom. The molecule has 0 atom stereocenters. The number of nitrogens with zero attached hydrogens (tertiary/aromatic N) is 2. The Morgan fingerprint density at radius 3 is 2.38 bits per heavy atom. The fourth-order valence-corrected chi connectivity index (χ4v) is 1.96. The monoisotopic (exact) mass is 326 g/mol. The zero-order chi connectivity index (χ0) is 17.7. The smallest absolute Gasteiger partial charge is 0.335 e. The van der Waals surface area contributed by atoms with Crippen LogP contribution in [-0.4, -0.2) is 26.1 Å². The van der Waals surface area contributed by atoms with Crippen LogP contribution < -0.4 is 0 Å². The zero-order valence-electron chi connectivity index (χ0n) is 12.7. The zero-order valence-corrected chi connectivity index (χ0v) is 12.7. The molecule has 1 aromatic heterocycles. The third kappa shape index (κ3) is 3.83. The van der Waals surface area contributed by atoms with Gasteiger partial charge in [-0.1, -0.05) is 23.8 Å². The molecular weight excluding hydrogens is 312 g/mol. The van der Waals surface area contributed by atoms with Gasteiger partial charge in [0.2, 0.25) is 5.75 Å². The Kier molecular flexibility index (Phi) is 5.06. The lowest BCUT2D eigenvalue weighted by molar-refractivity contribution is -0.385. The number of phenols is 1. The molecule has 0 aliphatic carbocycles. The summed E-state index contributed by atoms with van der Waals surface area (Å²) in [6.07, 6.45) is 1.48. The SMILES string of the molecule is Cc1ccc(C(=O)O)cc1.O=[N+]([O-])c1ccc2cccnc2c1O. The molecule has 2 aromatic carbocycles. The molecule has 0 fully saturated rings. The van der Waals surface area contributed by atoms with Crippen molar-refractivity contribution in [3.8, 4) is 5.75 Å². The number of nitro groups is 1. The summed E-state index contributed by atoms with van der Waals surface area (Å²) in [4.78, 5) is 24.0. The predicted molar refractivity (Wildman–Crippen MR) is 88.2 cm³/mol. The van der Waals surface area contributed by atoms with Gasteiger partial charge in [-0.25, -0.2) is 4.79 Å². The number of carboxylic acid groups (broad SMARTS) is 1. The van der Waals surface area contributed by atoms with Gasteiger partial charge in [-0.3, -0.25) is 15.1 Å². The Balaban J connectivity index is 0.000000185. The van der Waals surface area contributed by atoms with E-state index >= 15 is 0 Å². The van der Waals surface area contributed by atoms with Crippen molar-refractivity contribution in [2.24, 2.45) is 0 Å². The molecule has 0 unspecified atom stereocenters. The van der Waals surface area contributed by atoms with E-state index in [-0.39, 0.29) is 17.0 Å². The highest BCUT2D eigenvalue weighted by Crippen LogP contribution is 2.32. The van der Waals surface area contributed by atoms with Crippen molar-refractivity contribution in [1.82, 2.24) is 4.98 Å². The lowest BCUT2D eigenvalue weighted by atomic mass is 10.2. The van der Waals surface area contributed by atoms with Crippen molar-refractivity contribution in [2.75, 3.05) is 0 Å². The number of benzene rings is 2. The van der Waals surface area contributed by atoms with E-state index in [0.29, 0.717) is 10.9 Å². The maximum atomic E-state index is 10.5. The summed E-state index contributed by atoms with van der Waals surface area (Å²) in [6, 6.07) is 13.0. The Bertz CT molecular complexity index is 891. The molecule has 1 heterocycles. The number of aromatic carboxylic acids is 1. The van der Waals surface area contributed by atoms with Crippen LogP contribution in [0.5, 0.6) is 5.75 Å². The summed E-state index contributed by atoms with van der Waals surface area (Å²) in [5.41, 5.74) is 1.34. The minimum Gasteiger partial charge on any atom is -0.501 e. The van der Waals surface area contributed by atoms with Gasteiger partial charge in [0.1, 0.15) is 5.52 Å². The van der Waals surface area contributed by atoms with Crippen molar-refractivity contribution in [3.05, 3.63) is 76.0 Å². The standard InChI is InChI=1S/C9H6N2O3.C8H8O2/c12-9-7(11(13)14)4-3-6-2-1-5-10-8(6)9;1-6-2-4-7(5-3-6)8(9)10/h1-5,12H;2-5H,1H3,(H,9,10). The van der Waals surface area contributed by atoms with Crippen LogP contribution in [0.4, 0.5) is 5.69 Å². The van der Waals surface area contributed by atoms with Gasteiger partial charge in [0.15, 0.2) is 0 Å². The Hall–Kier alpha value is -3.48. The lowest BCUT2D eigenvalue weighted by Gasteiger charge is -1.99. The number of pyridine rings is 1. The number of carbonyl (C=O) groups is 1. The molecule has 0 aliphatic heterocycles. The first-order chi connectivity index (χ1) is 11.4. The van der Waals surface area contributed by atoms with Gasteiger partial charge in [0.25, 0.3) is 0 Å². The molecule has 0 spiro atoms. The van der Waals surface area contributed by atoms with Crippen LogP contribution in [0.1, 0.15) is 15.9 Å². The van der Waals surface area contributed by atoms with E-state index < -0.39 is 10.9 Å². The molecule has 0 amide bonds. The van der Waals surface area contributed by atoms with Crippen LogP contribution in [0.25, 0.3) is 10.9 Å². The highest BCUT2D eigenvalue weighted by molar-refractivity contribution is 5.88. The summed E-state index contributed by atoms with van der Waals surface area (Å²) < 4.78 is 0. The van der Waals surface area contributed by atoms with Gasteiger partial charge in [0.05, 0.1) is 10.5 Å². The maximum Gasteiger partial charge on any atom is 0.335 e. The van der Waals surface area contributed by atoms with Gasteiger partial charge in [-0.15, -0.1) is 0 Å². The fraction of sp³-hybridized carbons (Fsp3) is 0.0588. The minimum absolute atomic E-state index is 0.252. The number of aromatic hydroxyl groups is 1. The van der Waals surface area contributed by atoms with Crippen molar-refractivity contribution < 1.29 is 19.9 Å². The molecule has 24 heavy (non-hydrogen) atoms. The summed E-state index contributed by atoms with van der Waals surface area (Å²) in [7, 11) is 0. The van der Waals surface area contributed by atoms with Crippen LogP contribution in [0.2, 0.25) is 0 Å². The van der Waals surface area contributed by atoms with Gasteiger partial charge >= 0.3 is 11.7 Å². The number of aromatic nitrogens is 1. The van der Waals surface area contributed by atoms with Crippen LogP contribution in [-0.2, 0) is 0 Å². The van der Waals surface area contributed by atoms with Crippen LogP contribution in [0, 0.1) is 17.0 Å². The summed E-state index contributed by atoms with van der Waals surface area (Å²) >= 11 is 0. The van der Waals surface area contributed by atoms with Gasteiger partial charge in [0, 0.05) is 17.6 Å². The Morgan fingerprint density at radius 1 is 1.12 bits per heavy atom. The number of aryl methyl sites for hydroxylation is 1. The molecular formula is C17H14N2O5. The third-order valence-corrected chi connectivity index (χ3v) is 3.22. The normalized spacial score (nSPS) is 9.88. The van der Waals surface area contributed by atoms with Crippen molar-refractivity contribution >= 4 is 22.6 Å². The number of nitro benzene ring substituents is 1. The van der Waals surface area contributed by atoms with Crippen molar-refractivity contribution in [3.63, 3.8) is 0 Å². The number of hydrogen-bond acceptors (Lipinski definition) is 5. The molecule has 0 bridgehead atoms. The molecule has 7 heteroatoms. The molecule has 7 nitrogen and oxygen atoms in total. The number of hydrogen-bond donors (Lipinski definition) is 2. The van der Waals surface area contributed by atoms with Crippen molar-refractivity contribution in [2.45, 2.75) is 6.92 Å². The summed E-state index contributed by atoms with van der Waals surface area (Å²) in [6.45, 7) is 1.92. The van der Waals surface area contributed by atoms with E-state index in [0.717, 1.165) is 5.56 Å². The number of fused-ring (bicyclic) bond motifs is 1. The number of phenolic OH excluding ortho intramolecular Hbond substituents is 1. The number of carboxylic acids is 1. The second-order valence-electron chi connectivity index (χ2n) is 4.94. The van der Waals surface area contributed by atoms with Crippen LogP contribution in [0.15, 0.2) is 54.7 Å². The van der Waals surface area contributed by atoms with Crippen LogP contribution >= 0.6 is 0 Å². The van der Waals surface area contributed by atoms with E-state index in [9.17, 15) is 20.0 Å². The molecule has 3 aromatic rings. The molecule has 122 valence electrons. The van der Waals surface area contributed by atoms with E-state index in [2.05, 4.69) is 4.98 Å². The molecule has 0 radical (unpaired) electrons. The molecule has 0 aliphatic rings. The minimum atomic E-state index is -0.875. The average Bonchev–Trinajstić information content (AvgIpc) is 2.56. The van der Waals surface area contributed by atoms with Gasteiger partial charge in [-0.2, -0.15) is 0 Å². The van der Waals surface area contributed by atoms with E-state index in [1.54, 1.807) is 42.5 Å². The molecule has 0 saturated heterocycles. The lowest BCUT2D eigenvalue weighted by Crippen LogP contribution is -1.94. The largest absolute Gasteiger partial charge is 0.501 e. The number of rotatable bonds is 2. The van der Waals surface area contributed by atoms with Crippen LogP contribution in [0.3, 0.4) is 0 Å². The molecule has 0 saturated carbocycles. The fourth-order valence-electron chi connectivity index (χ4n) is 1.96.